The first-order valence-corrected chi connectivity index (χ1v) is 7.79. The highest BCUT2D eigenvalue weighted by Gasteiger charge is 2.27. The number of phenols is 1. The maximum absolute atomic E-state index is 12.4. The van der Waals surface area contributed by atoms with Gasteiger partial charge in [0.15, 0.2) is 0 Å². The zero-order chi connectivity index (χ0) is 15.4. The van der Waals surface area contributed by atoms with Gasteiger partial charge in [-0.25, -0.2) is 0 Å². The normalized spacial score (nSPS) is 17.2. The second-order valence-electron chi connectivity index (χ2n) is 5.75. The predicted octanol–water partition coefficient (Wildman–Crippen LogP) is 2.67. The second-order valence-corrected chi connectivity index (χ2v) is 6.22. The summed E-state index contributed by atoms with van der Waals surface area (Å²) in [6, 6.07) is 4.46. The van der Waals surface area contributed by atoms with Crippen LogP contribution >= 0.6 is 12.2 Å². The van der Waals surface area contributed by atoms with E-state index in [1.165, 1.54) is 12.5 Å². The molecular formula is C16H22N2O2S. The SMILES string of the molecule is Cc1cc(O)ccc1C(=O)NC(C(N)=S)C1CCCCC1. The van der Waals surface area contributed by atoms with E-state index in [0.29, 0.717) is 16.5 Å². The lowest BCUT2D eigenvalue weighted by atomic mass is 9.83. The summed E-state index contributed by atoms with van der Waals surface area (Å²) in [5, 5.41) is 12.4. The molecule has 0 bridgehead atoms. The predicted molar refractivity (Wildman–Crippen MR) is 87.5 cm³/mol. The molecule has 1 saturated carbocycles. The third kappa shape index (κ3) is 3.94. The monoisotopic (exact) mass is 306 g/mol. The minimum absolute atomic E-state index is 0.155. The van der Waals surface area contributed by atoms with Gasteiger partial charge in [0.2, 0.25) is 0 Å². The van der Waals surface area contributed by atoms with Crippen LogP contribution in [0.4, 0.5) is 0 Å². The van der Waals surface area contributed by atoms with Crippen molar-refractivity contribution >= 4 is 23.1 Å². The molecule has 0 aliphatic heterocycles. The van der Waals surface area contributed by atoms with Crippen molar-refractivity contribution in [3.8, 4) is 5.75 Å². The molecule has 1 aliphatic rings. The van der Waals surface area contributed by atoms with Crippen LogP contribution in [0, 0.1) is 12.8 Å². The molecule has 1 aromatic rings. The number of hydrogen-bond donors (Lipinski definition) is 3. The molecule has 1 fully saturated rings. The summed E-state index contributed by atoms with van der Waals surface area (Å²) in [6.45, 7) is 1.80. The minimum atomic E-state index is -0.249. The number of carbonyl (C=O) groups excluding carboxylic acids is 1. The molecule has 1 atom stereocenters. The maximum atomic E-state index is 12.4. The number of carbonyl (C=O) groups is 1. The molecule has 1 aromatic carbocycles. The Morgan fingerprint density at radius 1 is 1.38 bits per heavy atom. The molecule has 1 amide bonds. The van der Waals surface area contributed by atoms with Gasteiger partial charge in [0.05, 0.1) is 11.0 Å². The number of nitrogens with one attached hydrogen (secondary N) is 1. The Morgan fingerprint density at radius 2 is 2.05 bits per heavy atom. The van der Waals surface area contributed by atoms with Gasteiger partial charge in [0.1, 0.15) is 5.75 Å². The Labute approximate surface area is 130 Å². The third-order valence-corrected chi connectivity index (χ3v) is 4.42. The summed E-state index contributed by atoms with van der Waals surface area (Å²) in [5.41, 5.74) is 7.11. The molecular weight excluding hydrogens is 284 g/mol. The fourth-order valence-corrected chi connectivity index (χ4v) is 3.26. The molecule has 0 radical (unpaired) electrons. The number of rotatable bonds is 4. The molecule has 2 rings (SSSR count). The van der Waals surface area contributed by atoms with Gasteiger partial charge in [-0.15, -0.1) is 0 Å². The first-order valence-electron chi connectivity index (χ1n) is 7.39. The number of phenolic OH excluding ortho intramolecular Hbond substituents is 1. The molecule has 5 heteroatoms. The molecule has 0 saturated heterocycles. The van der Waals surface area contributed by atoms with Crippen molar-refractivity contribution in [2.45, 2.75) is 45.1 Å². The standard InChI is InChI=1S/C16H22N2O2S/c1-10-9-12(19)7-8-13(10)16(20)18-14(15(17)21)11-5-3-2-4-6-11/h7-9,11,14,19H,2-6H2,1H3,(H2,17,21)(H,18,20). The zero-order valence-electron chi connectivity index (χ0n) is 12.3. The van der Waals surface area contributed by atoms with E-state index >= 15 is 0 Å². The maximum Gasteiger partial charge on any atom is 0.252 e. The van der Waals surface area contributed by atoms with E-state index in [2.05, 4.69) is 5.32 Å². The van der Waals surface area contributed by atoms with Gasteiger partial charge < -0.3 is 16.2 Å². The Hall–Kier alpha value is -1.62. The topological polar surface area (TPSA) is 75.3 Å². The molecule has 1 unspecified atom stereocenters. The Kier molecular flexibility index (Phi) is 5.17. The molecule has 0 aromatic heterocycles. The van der Waals surface area contributed by atoms with Crippen molar-refractivity contribution in [3.63, 3.8) is 0 Å². The highest BCUT2D eigenvalue weighted by atomic mass is 32.1. The van der Waals surface area contributed by atoms with E-state index in [1.54, 1.807) is 19.1 Å². The van der Waals surface area contributed by atoms with E-state index in [1.807, 2.05) is 0 Å². The van der Waals surface area contributed by atoms with Crippen molar-refractivity contribution < 1.29 is 9.90 Å². The third-order valence-electron chi connectivity index (χ3n) is 4.17. The molecule has 1 aliphatic carbocycles. The number of benzene rings is 1. The number of aryl methyl sites for hydroxylation is 1. The van der Waals surface area contributed by atoms with Crippen LogP contribution in [0.5, 0.6) is 5.75 Å². The number of nitrogens with two attached hydrogens (primary N) is 1. The molecule has 4 nitrogen and oxygen atoms in total. The summed E-state index contributed by atoms with van der Waals surface area (Å²) >= 11 is 5.14. The van der Waals surface area contributed by atoms with Gasteiger partial charge in [-0.2, -0.15) is 0 Å². The van der Waals surface area contributed by atoms with E-state index in [4.69, 9.17) is 18.0 Å². The van der Waals surface area contributed by atoms with Crippen LogP contribution in [0.1, 0.15) is 48.0 Å². The van der Waals surface area contributed by atoms with Gasteiger partial charge in [-0.3, -0.25) is 4.79 Å². The van der Waals surface area contributed by atoms with Crippen LogP contribution in [-0.4, -0.2) is 22.0 Å². The number of hydrogen-bond acceptors (Lipinski definition) is 3. The average Bonchev–Trinajstić information content (AvgIpc) is 2.45. The van der Waals surface area contributed by atoms with Crippen LogP contribution in [0.15, 0.2) is 18.2 Å². The summed E-state index contributed by atoms with van der Waals surface area (Å²) < 4.78 is 0. The van der Waals surface area contributed by atoms with E-state index in [0.717, 1.165) is 31.2 Å². The fourth-order valence-electron chi connectivity index (χ4n) is 3.01. The van der Waals surface area contributed by atoms with Crippen LogP contribution in [0.2, 0.25) is 0 Å². The van der Waals surface area contributed by atoms with Crippen LogP contribution < -0.4 is 11.1 Å². The van der Waals surface area contributed by atoms with E-state index in [-0.39, 0.29) is 17.7 Å². The minimum Gasteiger partial charge on any atom is -0.508 e. The Balaban J connectivity index is 2.12. The fraction of sp³-hybridized carbons (Fsp3) is 0.500. The molecule has 0 spiro atoms. The summed E-state index contributed by atoms with van der Waals surface area (Å²) in [6.07, 6.45) is 5.68. The van der Waals surface area contributed by atoms with Crippen molar-refractivity contribution in [1.82, 2.24) is 5.32 Å². The molecule has 21 heavy (non-hydrogen) atoms. The van der Waals surface area contributed by atoms with Crippen molar-refractivity contribution in [2.24, 2.45) is 11.7 Å². The molecule has 114 valence electrons. The van der Waals surface area contributed by atoms with Gasteiger partial charge in [-0.1, -0.05) is 31.5 Å². The van der Waals surface area contributed by atoms with Crippen molar-refractivity contribution in [2.75, 3.05) is 0 Å². The lowest BCUT2D eigenvalue weighted by Crippen LogP contribution is -2.48. The average molecular weight is 306 g/mol. The lowest BCUT2D eigenvalue weighted by Gasteiger charge is -2.30. The van der Waals surface area contributed by atoms with Gasteiger partial charge in [-0.05, 0) is 49.4 Å². The lowest BCUT2D eigenvalue weighted by molar-refractivity contribution is 0.0931. The highest BCUT2D eigenvalue weighted by Crippen LogP contribution is 2.27. The Bertz CT molecular complexity index is 539. The van der Waals surface area contributed by atoms with E-state index < -0.39 is 0 Å². The molecule has 4 N–H and O–H groups in total. The summed E-state index contributed by atoms with van der Waals surface area (Å²) in [5.74, 6) is 0.302. The van der Waals surface area contributed by atoms with E-state index in [9.17, 15) is 9.90 Å². The van der Waals surface area contributed by atoms with Gasteiger partial charge >= 0.3 is 0 Å². The van der Waals surface area contributed by atoms with Crippen LogP contribution in [-0.2, 0) is 0 Å². The quantitative estimate of drug-likeness (QED) is 0.748. The second kappa shape index (κ2) is 6.89. The van der Waals surface area contributed by atoms with Crippen LogP contribution in [0.3, 0.4) is 0 Å². The summed E-state index contributed by atoms with van der Waals surface area (Å²) in [4.78, 5) is 12.8. The number of aromatic hydroxyl groups is 1. The van der Waals surface area contributed by atoms with Gasteiger partial charge in [0, 0.05) is 5.56 Å². The van der Waals surface area contributed by atoms with Crippen LogP contribution in [0.25, 0.3) is 0 Å². The van der Waals surface area contributed by atoms with Crippen molar-refractivity contribution in [3.05, 3.63) is 29.3 Å². The van der Waals surface area contributed by atoms with Crippen molar-refractivity contribution in [1.29, 1.82) is 0 Å². The highest BCUT2D eigenvalue weighted by molar-refractivity contribution is 7.80. The first-order chi connectivity index (χ1) is 9.99. The molecule has 0 heterocycles. The Morgan fingerprint density at radius 3 is 2.62 bits per heavy atom. The largest absolute Gasteiger partial charge is 0.508 e. The number of amides is 1. The van der Waals surface area contributed by atoms with Gasteiger partial charge in [0.25, 0.3) is 5.91 Å². The number of thiocarbonyl (C=S) groups is 1. The zero-order valence-corrected chi connectivity index (χ0v) is 13.1. The first kappa shape index (κ1) is 15.8. The smallest absolute Gasteiger partial charge is 0.252 e. The summed E-state index contributed by atoms with van der Waals surface area (Å²) in [7, 11) is 0.